The van der Waals surface area contributed by atoms with Gasteiger partial charge in [0.1, 0.15) is 10.6 Å². The van der Waals surface area contributed by atoms with Crippen LogP contribution < -0.4 is 15.5 Å². The summed E-state index contributed by atoms with van der Waals surface area (Å²) in [4.78, 5) is 38.4. The van der Waals surface area contributed by atoms with Crippen LogP contribution in [0.5, 0.6) is 5.75 Å². The highest BCUT2D eigenvalue weighted by atomic mass is 79.9. The molecule has 0 aliphatic carbocycles. The topological polar surface area (TPSA) is 96.9 Å². The lowest BCUT2D eigenvalue weighted by atomic mass is 10.1. The molecule has 0 saturated heterocycles. The number of carbonyl (C=O) groups is 3. The Morgan fingerprint density at radius 2 is 1.62 bits per heavy atom. The average Bonchev–Trinajstić information content (AvgIpc) is 3.30. The second-order valence-corrected chi connectivity index (χ2v) is 12.3. The van der Waals surface area contributed by atoms with E-state index >= 15 is 0 Å². The SMILES string of the molecule is Cc1cccc(C(=O)Nc2ccc(C(=O)N/N=C\c3cc(Br)ccc3OC(=O)c3sc4cc(Br)ccc4c3Cl)cc2)c1. The largest absolute Gasteiger partial charge is 0.422 e. The van der Waals surface area contributed by atoms with Gasteiger partial charge in [-0.3, -0.25) is 9.59 Å². The van der Waals surface area contributed by atoms with Crippen molar-refractivity contribution < 1.29 is 19.1 Å². The van der Waals surface area contributed by atoms with Crippen LogP contribution in [0.15, 0.2) is 99.0 Å². The molecule has 210 valence electrons. The van der Waals surface area contributed by atoms with Crippen LogP contribution in [0.2, 0.25) is 5.02 Å². The molecule has 42 heavy (non-hydrogen) atoms. The molecule has 0 spiro atoms. The Kier molecular flexibility index (Phi) is 9.18. The molecule has 7 nitrogen and oxygen atoms in total. The number of anilines is 1. The van der Waals surface area contributed by atoms with Crippen molar-refractivity contribution in [3.8, 4) is 5.75 Å². The molecule has 0 radical (unpaired) electrons. The fourth-order valence-corrected chi connectivity index (χ4v) is 6.26. The molecular weight excluding hydrogens is 706 g/mol. The number of amides is 2. The fourth-order valence-electron chi connectivity index (χ4n) is 3.95. The number of aryl methyl sites for hydroxylation is 1. The molecule has 11 heteroatoms. The van der Waals surface area contributed by atoms with E-state index in [1.165, 1.54) is 17.6 Å². The molecule has 0 unspecified atom stereocenters. The standard InChI is InChI=1S/C31H20Br2ClN3O4S/c1-17-3-2-4-19(13-17)29(38)36-23-9-5-18(6-10-23)30(39)37-35-16-20-14-21(32)8-12-25(20)41-31(40)28-27(34)24-11-7-22(33)15-26(24)42-28/h2-16H,1H3,(H,36,38)(H,37,39)/b35-16-. The predicted octanol–water partition coefficient (Wildman–Crippen LogP) is 8.62. The zero-order chi connectivity index (χ0) is 29.8. The minimum atomic E-state index is -0.604. The molecule has 2 N–H and O–H groups in total. The number of hydrogen-bond donors (Lipinski definition) is 2. The first kappa shape index (κ1) is 29.7. The smallest absolute Gasteiger partial charge is 0.355 e. The Balaban J connectivity index is 1.24. The molecule has 0 fully saturated rings. The van der Waals surface area contributed by atoms with Crippen molar-refractivity contribution in [3.63, 3.8) is 0 Å². The van der Waals surface area contributed by atoms with E-state index in [2.05, 4.69) is 47.7 Å². The molecule has 0 saturated carbocycles. The lowest BCUT2D eigenvalue weighted by Gasteiger charge is -2.08. The summed E-state index contributed by atoms with van der Waals surface area (Å²) in [5.41, 5.74) is 5.34. The maximum Gasteiger partial charge on any atom is 0.355 e. The lowest BCUT2D eigenvalue weighted by Crippen LogP contribution is -2.18. The van der Waals surface area contributed by atoms with Crippen LogP contribution in [0.25, 0.3) is 10.1 Å². The second-order valence-electron chi connectivity index (χ2n) is 9.06. The van der Waals surface area contributed by atoms with Crippen LogP contribution in [0, 0.1) is 6.92 Å². The first-order valence-corrected chi connectivity index (χ1v) is 15.2. The van der Waals surface area contributed by atoms with Gasteiger partial charge in [0.15, 0.2) is 0 Å². The van der Waals surface area contributed by atoms with E-state index in [4.69, 9.17) is 16.3 Å². The van der Waals surface area contributed by atoms with Crippen LogP contribution in [-0.2, 0) is 0 Å². The third kappa shape index (κ3) is 6.96. The Hall–Kier alpha value is -3.83. The predicted molar refractivity (Wildman–Crippen MR) is 174 cm³/mol. The number of ether oxygens (including phenoxy) is 1. The van der Waals surface area contributed by atoms with Crippen LogP contribution in [0.1, 0.15) is 41.5 Å². The van der Waals surface area contributed by atoms with Crippen LogP contribution in [-0.4, -0.2) is 24.0 Å². The van der Waals surface area contributed by atoms with Crippen LogP contribution >= 0.6 is 54.8 Å². The van der Waals surface area contributed by atoms with Crippen molar-refractivity contribution in [2.75, 3.05) is 5.32 Å². The van der Waals surface area contributed by atoms with Crippen LogP contribution in [0.3, 0.4) is 0 Å². The van der Waals surface area contributed by atoms with E-state index in [-0.39, 0.29) is 16.5 Å². The van der Waals surface area contributed by atoms with Gasteiger partial charge in [-0.25, -0.2) is 10.2 Å². The van der Waals surface area contributed by atoms with Crippen molar-refractivity contribution in [2.24, 2.45) is 5.10 Å². The summed E-state index contributed by atoms with van der Waals surface area (Å²) in [5.74, 6) is -1.06. The molecule has 1 heterocycles. The van der Waals surface area contributed by atoms with E-state index in [1.807, 2.05) is 37.3 Å². The third-order valence-corrected chi connectivity index (χ3v) is 8.63. The van der Waals surface area contributed by atoms with E-state index in [1.54, 1.807) is 54.6 Å². The van der Waals surface area contributed by atoms with Gasteiger partial charge < -0.3 is 10.1 Å². The zero-order valence-electron chi connectivity index (χ0n) is 21.8. The molecule has 2 amide bonds. The highest BCUT2D eigenvalue weighted by Gasteiger charge is 2.20. The summed E-state index contributed by atoms with van der Waals surface area (Å²) >= 11 is 14.5. The zero-order valence-corrected chi connectivity index (χ0v) is 26.5. The summed E-state index contributed by atoms with van der Waals surface area (Å²) < 4.78 is 8.12. The Bertz CT molecular complexity index is 1870. The third-order valence-electron chi connectivity index (χ3n) is 6.01. The van der Waals surface area contributed by atoms with Crippen molar-refractivity contribution in [2.45, 2.75) is 6.92 Å². The van der Waals surface area contributed by atoms with E-state index in [0.717, 1.165) is 24.6 Å². The Morgan fingerprint density at radius 1 is 0.881 bits per heavy atom. The van der Waals surface area contributed by atoms with Crippen molar-refractivity contribution in [1.82, 2.24) is 5.43 Å². The van der Waals surface area contributed by atoms with Crippen molar-refractivity contribution >= 4 is 94.6 Å². The molecule has 0 aliphatic rings. The summed E-state index contributed by atoms with van der Waals surface area (Å²) in [6, 6.07) is 24.3. The number of benzene rings is 4. The summed E-state index contributed by atoms with van der Waals surface area (Å²) in [6.07, 6.45) is 1.38. The van der Waals surface area contributed by atoms with Crippen molar-refractivity contribution in [1.29, 1.82) is 0 Å². The van der Waals surface area contributed by atoms with Gasteiger partial charge in [-0.15, -0.1) is 11.3 Å². The number of nitrogens with zero attached hydrogens (tertiary/aromatic N) is 1. The van der Waals surface area contributed by atoms with Crippen molar-refractivity contribution in [3.05, 3.63) is 126 Å². The summed E-state index contributed by atoms with van der Waals surface area (Å²) in [6.45, 7) is 1.92. The highest BCUT2D eigenvalue weighted by molar-refractivity contribution is 9.10. The summed E-state index contributed by atoms with van der Waals surface area (Å²) in [7, 11) is 0. The number of rotatable bonds is 7. The number of fused-ring (bicyclic) bond motifs is 1. The van der Waals surface area contributed by atoms with Gasteiger partial charge in [0.2, 0.25) is 0 Å². The molecule has 4 aromatic carbocycles. The van der Waals surface area contributed by atoms with Gasteiger partial charge in [-0.2, -0.15) is 5.10 Å². The number of carbonyl (C=O) groups excluding carboxylic acids is 3. The maximum absolute atomic E-state index is 13.0. The van der Waals surface area contributed by atoms with Crippen LogP contribution in [0.4, 0.5) is 5.69 Å². The van der Waals surface area contributed by atoms with E-state index < -0.39 is 11.9 Å². The minimum absolute atomic E-state index is 0.240. The normalized spacial score (nSPS) is 11.0. The van der Waals surface area contributed by atoms with Gasteiger partial charge in [0.05, 0.1) is 11.2 Å². The monoisotopic (exact) mass is 723 g/mol. The first-order chi connectivity index (χ1) is 20.2. The van der Waals surface area contributed by atoms with E-state index in [9.17, 15) is 14.4 Å². The number of hydrazone groups is 1. The number of nitrogens with one attached hydrogen (secondary N) is 2. The number of esters is 1. The van der Waals surface area contributed by atoms with Gasteiger partial charge in [-0.1, -0.05) is 67.2 Å². The molecule has 1 aromatic heterocycles. The maximum atomic E-state index is 13.0. The Morgan fingerprint density at radius 3 is 2.38 bits per heavy atom. The second kappa shape index (κ2) is 13.0. The molecular formula is C31H20Br2ClN3O4S. The van der Waals surface area contributed by atoms with Gasteiger partial charge >= 0.3 is 5.97 Å². The van der Waals surface area contributed by atoms with Gasteiger partial charge in [-0.05, 0) is 73.7 Å². The van der Waals surface area contributed by atoms with Gasteiger partial charge in [0, 0.05) is 41.4 Å². The molecule has 0 atom stereocenters. The first-order valence-electron chi connectivity index (χ1n) is 12.4. The quantitative estimate of drug-likeness (QED) is 0.0760. The average molecular weight is 726 g/mol. The molecule has 0 aliphatic heterocycles. The van der Waals surface area contributed by atoms with E-state index in [0.29, 0.717) is 27.4 Å². The molecule has 5 rings (SSSR count). The van der Waals surface area contributed by atoms with Gasteiger partial charge in [0.25, 0.3) is 11.8 Å². The highest BCUT2D eigenvalue weighted by Crippen LogP contribution is 2.37. The number of thiophene rings is 1. The Labute approximate surface area is 266 Å². The number of hydrogen-bond acceptors (Lipinski definition) is 6. The molecule has 0 bridgehead atoms. The number of halogens is 3. The summed E-state index contributed by atoms with van der Waals surface area (Å²) in [5, 5.41) is 7.95. The molecule has 5 aromatic rings. The fraction of sp³-hybridized carbons (Fsp3) is 0.0323. The minimum Gasteiger partial charge on any atom is -0.422 e. The lowest BCUT2D eigenvalue weighted by molar-refractivity contribution is 0.0739.